The number of ether oxygens (including phenoxy) is 1. The van der Waals surface area contributed by atoms with E-state index in [0.717, 1.165) is 6.42 Å². The zero-order valence-electron chi connectivity index (χ0n) is 7.77. The number of hydrogen-bond donors (Lipinski definition) is 0. The number of hydrogen-bond acceptors (Lipinski definition) is 4. The van der Waals surface area contributed by atoms with Gasteiger partial charge < -0.3 is 4.74 Å². The van der Waals surface area contributed by atoms with Crippen LogP contribution in [-0.2, 0) is 6.42 Å². The van der Waals surface area contributed by atoms with Crippen molar-refractivity contribution < 1.29 is 9.66 Å². The van der Waals surface area contributed by atoms with Crippen LogP contribution in [0, 0.1) is 10.1 Å². The molecule has 0 saturated heterocycles. The number of aromatic nitrogens is 1. The molecule has 0 radical (unpaired) electrons. The van der Waals surface area contributed by atoms with Gasteiger partial charge in [-0.3, -0.25) is 15.1 Å². The van der Waals surface area contributed by atoms with Crippen molar-refractivity contribution in [2.24, 2.45) is 0 Å². The van der Waals surface area contributed by atoms with Crippen molar-refractivity contribution in [2.75, 3.05) is 0 Å². The second kappa shape index (κ2) is 3.25. The molecular weight excluding hydrogens is 184 g/mol. The third kappa shape index (κ3) is 1.30. The zero-order valence-corrected chi connectivity index (χ0v) is 7.77. The lowest BCUT2D eigenvalue weighted by Gasteiger charge is -2.05. The van der Waals surface area contributed by atoms with Crippen molar-refractivity contribution in [2.45, 2.75) is 25.9 Å². The van der Waals surface area contributed by atoms with Crippen LogP contribution in [0.4, 0.5) is 5.69 Å². The molecule has 1 aliphatic rings. The Hall–Kier alpha value is -1.65. The number of nitro groups is 1. The number of rotatable bonds is 2. The average Bonchev–Trinajstić information content (AvgIpc) is 2.59. The molecule has 0 N–H and O–H groups in total. The Morgan fingerprint density at radius 1 is 1.79 bits per heavy atom. The first-order chi connectivity index (χ1) is 6.72. The minimum Gasteiger partial charge on any atom is -0.482 e. The lowest BCUT2D eigenvalue weighted by molar-refractivity contribution is -0.385. The van der Waals surface area contributed by atoms with Crippen LogP contribution in [0.5, 0.6) is 5.75 Å². The molecule has 2 heterocycles. The fourth-order valence-corrected chi connectivity index (χ4v) is 1.55. The Morgan fingerprint density at radius 3 is 3.21 bits per heavy atom. The van der Waals surface area contributed by atoms with Crippen molar-refractivity contribution in [1.82, 2.24) is 4.98 Å². The van der Waals surface area contributed by atoms with Gasteiger partial charge in [0.1, 0.15) is 6.10 Å². The largest absolute Gasteiger partial charge is 0.482 e. The minimum absolute atomic E-state index is 0.0194. The van der Waals surface area contributed by atoms with Crippen molar-refractivity contribution in [3.8, 4) is 5.75 Å². The van der Waals surface area contributed by atoms with Gasteiger partial charge in [0.2, 0.25) is 5.75 Å². The van der Waals surface area contributed by atoms with Crippen molar-refractivity contribution in [1.29, 1.82) is 0 Å². The Kier molecular flexibility index (Phi) is 2.07. The van der Waals surface area contributed by atoms with Crippen LogP contribution in [0.25, 0.3) is 0 Å². The summed E-state index contributed by atoms with van der Waals surface area (Å²) in [5.74, 6) is 0.351. The topological polar surface area (TPSA) is 65.3 Å². The SMILES string of the molecule is CCC1Cc2nccc([N+](=O)[O-])c2O1. The first kappa shape index (κ1) is 8.93. The predicted octanol–water partition coefficient (Wildman–Crippen LogP) is 1.70. The summed E-state index contributed by atoms with van der Waals surface area (Å²) < 4.78 is 5.44. The van der Waals surface area contributed by atoms with Crippen molar-refractivity contribution in [3.63, 3.8) is 0 Å². The van der Waals surface area contributed by atoms with E-state index in [4.69, 9.17) is 4.74 Å². The van der Waals surface area contributed by atoms with Crippen LogP contribution in [-0.4, -0.2) is 16.0 Å². The van der Waals surface area contributed by atoms with Gasteiger partial charge in [0, 0.05) is 18.7 Å². The molecule has 0 aromatic carbocycles. The van der Waals surface area contributed by atoms with Gasteiger partial charge in [0.25, 0.3) is 0 Å². The van der Waals surface area contributed by atoms with E-state index < -0.39 is 4.92 Å². The molecule has 1 unspecified atom stereocenters. The highest BCUT2D eigenvalue weighted by molar-refractivity contribution is 5.50. The van der Waals surface area contributed by atoms with E-state index in [0.29, 0.717) is 17.9 Å². The summed E-state index contributed by atoms with van der Waals surface area (Å²) in [4.78, 5) is 14.3. The molecule has 1 aromatic heterocycles. The van der Waals surface area contributed by atoms with E-state index in [9.17, 15) is 10.1 Å². The first-order valence-electron chi connectivity index (χ1n) is 4.51. The van der Waals surface area contributed by atoms with Gasteiger partial charge in [-0.25, -0.2) is 0 Å². The lowest BCUT2D eigenvalue weighted by atomic mass is 10.2. The van der Waals surface area contributed by atoms with E-state index in [-0.39, 0.29) is 11.8 Å². The highest BCUT2D eigenvalue weighted by Gasteiger charge is 2.30. The van der Waals surface area contributed by atoms with Gasteiger partial charge in [0.05, 0.1) is 10.6 Å². The molecule has 1 aromatic rings. The molecule has 0 amide bonds. The molecule has 0 aliphatic carbocycles. The highest BCUT2D eigenvalue weighted by atomic mass is 16.6. The standard InChI is InChI=1S/C9H10N2O3/c1-2-6-5-7-9(14-6)8(11(12)13)3-4-10-7/h3-4,6H,2,5H2,1H3. The second-order valence-electron chi connectivity index (χ2n) is 3.22. The Bertz CT molecular complexity index is 378. The Morgan fingerprint density at radius 2 is 2.57 bits per heavy atom. The average molecular weight is 194 g/mol. The summed E-state index contributed by atoms with van der Waals surface area (Å²) >= 11 is 0. The molecule has 2 rings (SSSR count). The molecule has 14 heavy (non-hydrogen) atoms. The van der Waals surface area contributed by atoms with Crippen molar-refractivity contribution >= 4 is 5.69 Å². The molecule has 74 valence electrons. The molecule has 5 nitrogen and oxygen atoms in total. The Labute approximate surface area is 80.9 Å². The van der Waals surface area contributed by atoms with E-state index in [1.165, 1.54) is 12.3 Å². The summed E-state index contributed by atoms with van der Waals surface area (Å²) in [6.07, 6.45) is 3.01. The van der Waals surface area contributed by atoms with Crippen LogP contribution in [0.15, 0.2) is 12.3 Å². The van der Waals surface area contributed by atoms with Crippen LogP contribution < -0.4 is 4.74 Å². The predicted molar refractivity (Wildman–Crippen MR) is 49.3 cm³/mol. The molecule has 5 heteroatoms. The maximum Gasteiger partial charge on any atom is 0.314 e. The molecule has 0 saturated carbocycles. The van der Waals surface area contributed by atoms with E-state index in [2.05, 4.69) is 4.98 Å². The van der Waals surface area contributed by atoms with Gasteiger partial charge in [-0.2, -0.15) is 0 Å². The fraction of sp³-hybridized carbons (Fsp3) is 0.444. The summed E-state index contributed by atoms with van der Waals surface area (Å²) in [6, 6.07) is 1.37. The van der Waals surface area contributed by atoms with Gasteiger partial charge in [-0.1, -0.05) is 6.92 Å². The smallest absolute Gasteiger partial charge is 0.314 e. The molecular formula is C9H10N2O3. The van der Waals surface area contributed by atoms with E-state index >= 15 is 0 Å². The maximum atomic E-state index is 10.7. The van der Waals surface area contributed by atoms with Crippen LogP contribution >= 0.6 is 0 Å². The molecule has 1 atom stereocenters. The van der Waals surface area contributed by atoms with Gasteiger partial charge in [-0.15, -0.1) is 0 Å². The third-order valence-electron chi connectivity index (χ3n) is 2.32. The van der Waals surface area contributed by atoms with Crippen molar-refractivity contribution in [3.05, 3.63) is 28.1 Å². The normalized spacial score (nSPS) is 18.8. The third-order valence-corrected chi connectivity index (χ3v) is 2.32. The fourth-order valence-electron chi connectivity index (χ4n) is 1.55. The van der Waals surface area contributed by atoms with Crippen LogP contribution in [0.2, 0.25) is 0 Å². The van der Waals surface area contributed by atoms with E-state index in [1.54, 1.807) is 0 Å². The number of nitrogens with zero attached hydrogens (tertiary/aromatic N) is 2. The van der Waals surface area contributed by atoms with Crippen LogP contribution in [0.1, 0.15) is 19.0 Å². The summed E-state index contributed by atoms with van der Waals surface area (Å²) in [5.41, 5.74) is 0.719. The summed E-state index contributed by atoms with van der Waals surface area (Å²) in [7, 11) is 0. The molecule has 0 spiro atoms. The number of fused-ring (bicyclic) bond motifs is 1. The number of pyridine rings is 1. The molecule has 0 fully saturated rings. The Balaban J connectivity index is 2.41. The van der Waals surface area contributed by atoms with Gasteiger partial charge >= 0.3 is 5.69 Å². The quantitative estimate of drug-likeness (QED) is 0.531. The molecule has 0 bridgehead atoms. The summed E-state index contributed by atoms with van der Waals surface area (Å²) in [5, 5.41) is 10.7. The second-order valence-corrected chi connectivity index (χ2v) is 3.22. The first-order valence-corrected chi connectivity index (χ1v) is 4.51. The molecule has 1 aliphatic heterocycles. The zero-order chi connectivity index (χ0) is 10.1. The summed E-state index contributed by atoms with van der Waals surface area (Å²) in [6.45, 7) is 1.99. The monoisotopic (exact) mass is 194 g/mol. The lowest BCUT2D eigenvalue weighted by Crippen LogP contribution is -2.10. The minimum atomic E-state index is -0.432. The van der Waals surface area contributed by atoms with Gasteiger partial charge in [0.15, 0.2) is 0 Å². The maximum absolute atomic E-state index is 10.7. The highest BCUT2D eigenvalue weighted by Crippen LogP contribution is 2.36. The van der Waals surface area contributed by atoms with Crippen LogP contribution in [0.3, 0.4) is 0 Å². The van der Waals surface area contributed by atoms with Gasteiger partial charge in [-0.05, 0) is 6.42 Å². The van der Waals surface area contributed by atoms with E-state index in [1.807, 2.05) is 6.92 Å².